The summed E-state index contributed by atoms with van der Waals surface area (Å²) >= 11 is 3.15. The minimum Gasteiger partial charge on any atom is -0.397 e. The Hall–Kier alpha value is -0.770. The summed E-state index contributed by atoms with van der Waals surface area (Å²) in [4.78, 5) is 2.13. The molecule has 0 unspecified atom stereocenters. The maximum atomic E-state index is 13.6. The Balaban J connectivity index is 2.23. The van der Waals surface area contributed by atoms with Gasteiger partial charge in [-0.25, -0.2) is 4.39 Å². The fourth-order valence-electron chi connectivity index (χ4n) is 2.52. The van der Waals surface area contributed by atoms with E-state index in [2.05, 4.69) is 20.8 Å². The monoisotopic (exact) mass is 300 g/mol. The summed E-state index contributed by atoms with van der Waals surface area (Å²) in [6.45, 7) is 0. The van der Waals surface area contributed by atoms with Gasteiger partial charge < -0.3 is 10.6 Å². The minimum atomic E-state index is -0.253. The molecular formula is C13H18BrFN2. The standard InChI is InChI=1S/C13H18BrFN2/c1-17(9-5-3-2-4-6-9)13-8-11(15)10(14)7-12(13)16/h7-9H,2-6,16H2,1H3. The molecule has 4 heteroatoms. The molecule has 1 fully saturated rings. The first-order valence-electron chi connectivity index (χ1n) is 6.07. The van der Waals surface area contributed by atoms with Gasteiger partial charge in [0, 0.05) is 19.2 Å². The minimum absolute atomic E-state index is 0.253. The third-order valence-electron chi connectivity index (χ3n) is 3.57. The Morgan fingerprint density at radius 1 is 1.29 bits per heavy atom. The maximum absolute atomic E-state index is 13.6. The molecule has 0 heterocycles. The normalized spacial score (nSPS) is 17.1. The predicted molar refractivity (Wildman–Crippen MR) is 73.8 cm³/mol. The lowest BCUT2D eigenvalue weighted by Gasteiger charge is -2.33. The van der Waals surface area contributed by atoms with Crippen LogP contribution in [-0.4, -0.2) is 13.1 Å². The molecule has 0 aliphatic heterocycles. The van der Waals surface area contributed by atoms with Crippen LogP contribution >= 0.6 is 15.9 Å². The molecule has 2 rings (SSSR count). The topological polar surface area (TPSA) is 29.3 Å². The fraction of sp³-hybridized carbons (Fsp3) is 0.538. The largest absolute Gasteiger partial charge is 0.397 e. The van der Waals surface area contributed by atoms with Gasteiger partial charge in [0.25, 0.3) is 0 Å². The summed E-state index contributed by atoms with van der Waals surface area (Å²) in [6, 6.07) is 3.66. The van der Waals surface area contributed by atoms with E-state index in [0.717, 1.165) is 5.69 Å². The zero-order valence-electron chi connectivity index (χ0n) is 10.0. The number of nitrogens with two attached hydrogens (primary N) is 1. The van der Waals surface area contributed by atoms with Crippen LogP contribution in [-0.2, 0) is 0 Å². The number of halogens is 2. The molecule has 0 radical (unpaired) electrons. The van der Waals surface area contributed by atoms with E-state index >= 15 is 0 Å². The lowest BCUT2D eigenvalue weighted by atomic mass is 9.94. The second-order valence-corrected chi connectivity index (χ2v) is 5.58. The molecule has 2 N–H and O–H groups in total. The summed E-state index contributed by atoms with van der Waals surface area (Å²) in [7, 11) is 2.01. The van der Waals surface area contributed by atoms with Crippen molar-refractivity contribution in [3.63, 3.8) is 0 Å². The lowest BCUT2D eigenvalue weighted by molar-refractivity contribution is 0.427. The van der Waals surface area contributed by atoms with Crippen LogP contribution in [0, 0.1) is 5.82 Å². The van der Waals surface area contributed by atoms with Gasteiger partial charge in [-0.3, -0.25) is 0 Å². The molecule has 0 bridgehead atoms. The zero-order chi connectivity index (χ0) is 12.4. The van der Waals surface area contributed by atoms with Crippen LogP contribution in [0.15, 0.2) is 16.6 Å². The Morgan fingerprint density at radius 3 is 2.59 bits per heavy atom. The first kappa shape index (κ1) is 12.7. The molecule has 0 saturated heterocycles. The summed E-state index contributed by atoms with van der Waals surface area (Å²) in [5.74, 6) is -0.253. The maximum Gasteiger partial charge on any atom is 0.139 e. The first-order valence-corrected chi connectivity index (χ1v) is 6.86. The van der Waals surface area contributed by atoms with Gasteiger partial charge in [-0.1, -0.05) is 19.3 Å². The second kappa shape index (κ2) is 5.25. The van der Waals surface area contributed by atoms with E-state index in [1.54, 1.807) is 6.07 Å². The zero-order valence-corrected chi connectivity index (χ0v) is 11.6. The molecule has 2 nitrogen and oxygen atoms in total. The van der Waals surface area contributed by atoms with Gasteiger partial charge in [-0.15, -0.1) is 0 Å². The molecule has 1 aromatic carbocycles. The molecular weight excluding hydrogens is 283 g/mol. The number of nitrogens with zero attached hydrogens (tertiary/aromatic N) is 1. The van der Waals surface area contributed by atoms with Gasteiger partial charge in [0.2, 0.25) is 0 Å². The highest BCUT2D eigenvalue weighted by Crippen LogP contribution is 2.33. The van der Waals surface area contributed by atoms with Gasteiger partial charge in [0.1, 0.15) is 5.82 Å². The number of benzene rings is 1. The van der Waals surface area contributed by atoms with Crippen LogP contribution in [0.25, 0.3) is 0 Å². The van der Waals surface area contributed by atoms with Crippen molar-refractivity contribution in [1.82, 2.24) is 0 Å². The third-order valence-corrected chi connectivity index (χ3v) is 4.18. The van der Waals surface area contributed by atoms with Crippen molar-refractivity contribution in [2.24, 2.45) is 0 Å². The van der Waals surface area contributed by atoms with Crippen molar-refractivity contribution in [1.29, 1.82) is 0 Å². The van der Waals surface area contributed by atoms with E-state index in [0.29, 0.717) is 16.2 Å². The quantitative estimate of drug-likeness (QED) is 0.838. The molecule has 1 aliphatic rings. The van der Waals surface area contributed by atoms with Crippen LogP contribution in [0.1, 0.15) is 32.1 Å². The summed E-state index contributed by atoms with van der Waals surface area (Å²) in [5.41, 5.74) is 7.39. The van der Waals surface area contributed by atoms with Crippen LogP contribution < -0.4 is 10.6 Å². The van der Waals surface area contributed by atoms with E-state index in [-0.39, 0.29) is 5.82 Å². The van der Waals surface area contributed by atoms with E-state index in [9.17, 15) is 4.39 Å². The van der Waals surface area contributed by atoms with Gasteiger partial charge in [-0.2, -0.15) is 0 Å². The van der Waals surface area contributed by atoms with E-state index in [1.165, 1.54) is 38.2 Å². The molecule has 1 saturated carbocycles. The SMILES string of the molecule is CN(c1cc(F)c(Br)cc1N)C1CCCCC1. The number of hydrogen-bond donors (Lipinski definition) is 1. The molecule has 1 aliphatic carbocycles. The molecule has 0 aromatic heterocycles. The van der Waals surface area contributed by atoms with Gasteiger partial charge in [0.05, 0.1) is 15.8 Å². The van der Waals surface area contributed by atoms with Gasteiger partial charge in [0.15, 0.2) is 0 Å². The average Bonchev–Trinajstić information content (AvgIpc) is 2.34. The van der Waals surface area contributed by atoms with Gasteiger partial charge >= 0.3 is 0 Å². The number of nitrogen functional groups attached to an aromatic ring is 1. The smallest absolute Gasteiger partial charge is 0.139 e. The summed E-state index contributed by atoms with van der Waals surface area (Å²) in [5, 5.41) is 0. The Morgan fingerprint density at radius 2 is 1.94 bits per heavy atom. The highest BCUT2D eigenvalue weighted by molar-refractivity contribution is 9.10. The lowest BCUT2D eigenvalue weighted by Crippen LogP contribution is -2.33. The third kappa shape index (κ3) is 2.73. The van der Waals surface area contributed by atoms with Crippen molar-refractivity contribution in [3.8, 4) is 0 Å². The first-order chi connectivity index (χ1) is 8.09. The molecule has 0 atom stereocenters. The number of anilines is 2. The van der Waals surface area contributed by atoms with Crippen molar-refractivity contribution in [2.75, 3.05) is 17.7 Å². The summed E-state index contributed by atoms with van der Waals surface area (Å²) < 4.78 is 14.0. The Kier molecular flexibility index (Phi) is 3.92. The number of hydrogen-bond acceptors (Lipinski definition) is 2. The van der Waals surface area contributed by atoms with Crippen molar-refractivity contribution in [2.45, 2.75) is 38.1 Å². The Bertz CT molecular complexity index is 403. The van der Waals surface area contributed by atoms with Crippen LogP contribution in [0.4, 0.5) is 15.8 Å². The van der Waals surface area contributed by atoms with Crippen molar-refractivity contribution >= 4 is 27.3 Å². The van der Waals surface area contributed by atoms with E-state index in [4.69, 9.17) is 5.73 Å². The van der Waals surface area contributed by atoms with Crippen LogP contribution in [0.2, 0.25) is 0 Å². The van der Waals surface area contributed by atoms with Crippen LogP contribution in [0.3, 0.4) is 0 Å². The van der Waals surface area contributed by atoms with E-state index in [1.807, 2.05) is 7.05 Å². The van der Waals surface area contributed by atoms with Gasteiger partial charge in [-0.05, 0) is 34.8 Å². The molecule has 0 spiro atoms. The number of rotatable bonds is 2. The molecule has 94 valence electrons. The Labute approximate surface area is 110 Å². The average molecular weight is 301 g/mol. The molecule has 1 aromatic rings. The molecule has 17 heavy (non-hydrogen) atoms. The van der Waals surface area contributed by atoms with E-state index < -0.39 is 0 Å². The van der Waals surface area contributed by atoms with Crippen molar-refractivity contribution < 1.29 is 4.39 Å². The summed E-state index contributed by atoms with van der Waals surface area (Å²) in [6.07, 6.45) is 6.18. The second-order valence-electron chi connectivity index (χ2n) is 4.73. The van der Waals surface area contributed by atoms with Crippen molar-refractivity contribution in [3.05, 3.63) is 22.4 Å². The fourth-order valence-corrected chi connectivity index (χ4v) is 2.88. The molecule has 0 amide bonds. The highest BCUT2D eigenvalue weighted by Gasteiger charge is 2.20. The predicted octanol–water partition coefficient (Wildman–Crippen LogP) is 3.94. The highest BCUT2D eigenvalue weighted by atomic mass is 79.9. The van der Waals surface area contributed by atoms with Crippen LogP contribution in [0.5, 0.6) is 0 Å².